The molecule has 3 N–H and O–H groups in total. The van der Waals surface area contributed by atoms with Crippen LogP contribution in [0.25, 0.3) is 0 Å². The first-order valence-electron chi connectivity index (χ1n) is 37.7. The highest BCUT2D eigenvalue weighted by atomic mass is 31.2. The normalized spacial score (nSPS) is 14.5. The van der Waals surface area contributed by atoms with Gasteiger partial charge in [-0.25, -0.2) is 9.13 Å². The highest BCUT2D eigenvalue weighted by Crippen LogP contribution is 2.45. The van der Waals surface area contributed by atoms with Gasteiger partial charge in [0, 0.05) is 25.7 Å². The summed E-state index contributed by atoms with van der Waals surface area (Å²) in [6.07, 6.45) is 45.8. The molecule has 6 atom stereocenters. The number of carbonyl (C=O) groups excluding carboxylic acids is 4. The van der Waals surface area contributed by atoms with Crippen LogP contribution < -0.4 is 0 Å². The highest BCUT2D eigenvalue weighted by molar-refractivity contribution is 7.47. The van der Waals surface area contributed by atoms with E-state index in [0.29, 0.717) is 31.6 Å². The van der Waals surface area contributed by atoms with Gasteiger partial charge in [0.25, 0.3) is 0 Å². The average Bonchev–Trinajstić information content (AvgIpc) is 3.04. The van der Waals surface area contributed by atoms with E-state index in [9.17, 15) is 43.2 Å². The molecule has 0 aromatic rings. The van der Waals surface area contributed by atoms with Gasteiger partial charge in [-0.3, -0.25) is 37.3 Å². The summed E-state index contributed by atoms with van der Waals surface area (Å²) >= 11 is 0. The maximum Gasteiger partial charge on any atom is 0.472 e. The lowest BCUT2D eigenvalue weighted by Gasteiger charge is -2.21. The molecule has 0 heterocycles. The molecule has 0 aromatic carbocycles. The van der Waals surface area contributed by atoms with Gasteiger partial charge in [0.05, 0.1) is 26.4 Å². The smallest absolute Gasteiger partial charge is 0.462 e. The van der Waals surface area contributed by atoms with Crippen molar-refractivity contribution in [1.29, 1.82) is 0 Å². The first-order valence-corrected chi connectivity index (χ1v) is 40.7. The molecule has 17 nitrogen and oxygen atoms in total. The number of aliphatic hydroxyl groups excluding tert-OH is 1. The van der Waals surface area contributed by atoms with E-state index in [1.807, 2.05) is 0 Å². The van der Waals surface area contributed by atoms with Crippen molar-refractivity contribution in [3.8, 4) is 0 Å². The van der Waals surface area contributed by atoms with Crippen LogP contribution in [0.3, 0.4) is 0 Å². The first kappa shape index (κ1) is 90.1. The number of hydrogen-bond acceptors (Lipinski definition) is 15. The Morgan fingerprint density at radius 3 is 0.772 bits per heavy atom. The van der Waals surface area contributed by atoms with Crippen LogP contribution in [0.1, 0.15) is 364 Å². The summed E-state index contributed by atoms with van der Waals surface area (Å²) in [5.41, 5.74) is 0. The van der Waals surface area contributed by atoms with Gasteiger partial charge in [0.1, 0.15) is 19.3 Å². The summed E-state index contributed by atoms with van der Waals surface area (Å²) in [7, 11) is -9.91. The molecule has 0 aromatic heterocycles. The minimum absolute atomic E-state index is 0.105. The van der Waals surface area contributed by atoms with E-state index in [1.54, 1.807) is 0 Å². The third kappa shape index (κ3) is 65.4. The van der Waals surface area contributed by atoms with Crippen molar-refractivity contribution < 1.29 is 80.2 Å². The maximum atomic E-state index is 13.1. The molecule has 0 spiro atoms. The molecular formula is C73H142O17P2. The summed E-state index contributed by atoms with van der Waals surface area (Å²) in [5, 5.41) is 10.6. The van der Waals surface area contributed by atoms with Crippen molar-refractivity contribution in [2.75, 3.05) is 39.6 Å². The Morgan fingerprint density at radius 1 is 0.304 bits per heavy atom. The number of aliphatic hydroxyl groups is 1. The molecule has 0 amide bonds. The van der Waals surface area contributed by atoms with Crippen LogP contribution in [0.4, 0.5) is 0 Å². The molecule has 0 radical (unpaired) electrons. The zero-order valence-electron chi connectivity index (χ0n) is 60.2. The summed E-state index contributed by atoms with van der Waals surface area (Å²) < 4.78 is 68.4. The molecule has 0 rings (SSSR count). The van der Waals surface area contributed by atoms with Crippen LogP contribution >= 0.6 is 15.6 Å². The molecule has 0 saturated carbocycles. The van der Waals surface area contributed by atoms with Gasteiger partial charge in [-0.05, 0) is 49.4 Å². The Balaban J connectivity index is 5.25. The number of unbranched alkanes of at least 4 members (excludes halogenated alkanes) is 35. The van der Waals surface area contributed by atoms with Gasteiger partial charge in [0.15, 0.2) is 12.2 Å². The molecule has 0 aliphatic carbocycles. The van der Waals surface area contributed by atoms with E-state index in [-0.39, 0.29) is 25.7 Å². The van der Waals surface area contributed by atoms with Crippen LogP contribution in [0.5, 0.6) is 0 Å². The van der Waals surface area contributed by atoms with Crippen molar-refractivity contribution in [3.05, 3.63) is 0 Å². The summed E-state index contributed by atoms with van der Waals surface area (Å²) in [4.78, 5) is 72.7. The zero-order valence-corrected chi connectivity index (χ0v) is 62.0. The van der Waals surface area contributed by atoms with Crippen molar-refractivity contribution in [3.63, 3.8) is 0 Å². The maximum absolute atomic E-state index is 13.1. The van der Waals surface area contributed by atoms with Gasteiger partial charge >= 0.3 is 39.5 Å². The minimum atomic E-state index is -4.96. The third-order valence-corrected chi connectivity index (χ3v) is 19.1. The fourth-order valence-electron chi connectivity index (χ4n) is 11.0. The number of carbonyl (C=O) groups is 4. The van der Waals surface area contributed by atoms with Gasteiger partial charge < -0.3 is 33.8 Å². The second kappa shape index (κ2) is 62.6. The Bertz CT molecular complexity index is 1820. The predicted molar refractivity (Wildman–Crippen MR) is 372 cm³/mol. The SMILES string of the molecule is CCC(C)CCCCCCCCCCCCC(=O)O[C@H](COC(=O)CCCCCCCCC(C)C)COP(=O)(O)OC[C@H](O)COP(=O)(O)OC[C@@H](COC(=O)CCCCCCCCCCCCCCC(C)C)OC(=O)CCCCCCCCCCCCCC(C)C. The van der Waals surface area contributed by atoms with E-state index in [2.05, 4.69) is 55.4 Å². The molecule has 0 saturated heterocycles. The molecule has 0 fully saturated rings. The van der Waals surface area contributed by atoms with Crippen molar-refractivity contribution >= 4 is 39.5 Å². The van der Waals surface area contributed by atoms with E-state index in [4.69, 9.17) is 37.0 Å². The van der Waals surface area contributed by atoms with Gasteiger partial charge in [-0.15, -0.1) is 0 Å². The van der Waals surface area contributed by atoms with Crippen LogP contribution in [-0.2, 0) is 65.4 Å². The molecule has 0 bridgehead atoms. The molecule has 0 aliphatic rings. The van der Waals surface area contributed by atoms with Crippen molar-refractivity contribution in [2.24, 2.45) is 23.7 Å². The molecule has 19 heteroatoms. The van der Waals surface area contributed by atoms with E-state index >= 15 is 0 Å². The fourth-order valence-corrected chi connectivity index (χ4v) is 12.6. The first-order chi connectivity index (χ1) is 44.1. The predicted octanol–water partition coefficient (Wildman–Crippen LogP) is 20.9. The molecule has 92 heavy (non-hydrogen) atoms. The van der Waals surface area contributed by atoms with Crippen LogP contribution in [0.15, 0.2) is 0 Å². The largest absolute Gasteiger partial charge is 0.472 e. The Kier molecular flexibility index (Phi) is 61.3. The van der Waals surface area contributed by atoms with E-state index in [0.717, 1.165) is 114 Å². The highest BCUT2D eigenvalue weighted by Gasteiger charge is 2.30. The number of phosphoric acid groups is 2. The minimum Gasteiger partial charge on any atom is -0.462 e. The second-order valence-electron chi connectivity index (χ2n) is 28.0. The van der Waals surface area contributed by atoms with Gasteiger partial charge in [0.2, 0.25) is 0 Å². The summed E-state index contributed by atoms with van der Waals surface area (Å²) in [6.45, 7) is 14.1. The number of esters is 4. The lowest BCUT2D eigenvalue weighted by atomic mass is 9.99. The topological polar surface area (TPSA) is 237 Å². The molecule has 3 unspecified atom stereocenters. The van der Waals surface area contributed by atoms with Crippen LogP contribution in [0.2, 0.25) is 0 Å². The lowest BCUT2D eigenvalue weighted by molar-refractivity contribution is -0.161. The summed E-state index contributed by atoms with van der Waals surface area (Å²) in [6, 6.07) is 0. The number of ether oxygens (including phenoxy) is 4. The van der Waals surface area contributed by atoms with E-state index in [1.165, 1.54) is 161 Å². The fraction of sp³-hybridized carbons (Fsp3) is 0.945. The van der Waals surface area contributed by atoms with Crippen molar-refractivity contribution in [1.82, 2.24) is 0 Å². The van der Waals surface area contributed by atoms with Crippen LogP contribution in [-0.4, -0.2) is 96.7 Å². The Morgan fingerprint density at radius 2 is 0.522 bits per heavy atom. The lowest BCUT2D eigenvalue weighted by Crippen LogP contribution is -2.30. The Hall–Kier alpha value is -1.94. The van der Waals surface area contributed by atoms with E-state index < -0.39 is 97.5 Å². The average molecular weight is 1350 g/mol. The number of rotatable bonds is 70. The molecule has 546 valence electrons. The van der Waals surface area contributed by atoms with Crippen molar-refractivity contribution in [2.45, 2.75) is 382 Å². The summed E-state index contributed by atoms with van der Waals surface area (Å²) in [5.74, 6) is 0.903. The molecular weight excluding hydrogens is 1210 g/mol. The monoisotopic (exact) mass is 1350 g/mol. The van der Waals surface area contributed by atoms with Gasteiger partial charge in [-0.1, -0.05) is 312 Å². The zero-order chi connectivity index (χ0) is 68.2. The van der Waals surface area contributed by atoms with Crippen LogP contribution in [0, 0.1) is 23.7 Å². The molecule has 0 aliphatic heterocycles. The number of hydrogen-bond donors (Lipinski definition) is 3. The number of phosphoric ester groups is 2. The van der Waals surface area contributed by atoms with Gasteiger partial charge in [-0.2, -0.15) is 0 Å². The Labute approximate surface area is 562 Å². The third-order valence-electron chi connectivity index (χ3n) is 17.2. The standard InChI is InChI=1S/C73H142O17P2/c1-9-66(8)52-44-36-27-21-17-18-24-30-40-48-56-73(78)90-69(60-84-71(76)54-46-38-32-31-35-43-51-65(6)7)62-88-92(81,82)86-58-67(74)57-85-91(79,80)87-61-68(89-72(77)55-47-39-29-23-16-12-14-20-26-34-42-50-64(4)5)59-83-70(75)53-45-37-28-22-15-11-10-13-19-25-33-41-49-63(2)3/h63-69,74H,9-62H2,1-8H3,(H,79,80)(H,81,82)/t66?,67-,68-,69-/m1/s1. The quantitative estimate of drug-likeness (QED) is 0.0222. The second-order valence-corrected chi connectivity index (χ2v) is 30.9.